The molecular formula is C11H12FNO4S. The van der Waals surface area contributed by atoms with Gasteiger partial charge in [-0.15, -0.1) is 0 Å². The van der Waals surface area contributed by atoms with Crippen molar-refractivity contribution in [2.75, 3.05) is 12.4 Å². The summed E-state index contributed by atoms with van der Waals surface area (Å²) in [6.07, 6.45) is -0.199. The maximum Gasteiger partial charge on any atom is 0.404 e. The van der Waals surface area contributed by atoms with E-state index in [0.29, 0.717) is 0 Å². The van der Waals surface area contributed by atoms with Crippen LogP contribution in [-0.2, 0) is 14.6 Å². The van der Waals surface area contributed by atoms with Crippen LogP contribution in [0.1, 0.15) is 0 Å². The first-order valence-corrected chi connectivity index (χ1v) is 6.61. The predicted molar refractivity (Wildman–Crippen MR) is 63.2 cm³/mol. The molecule has 5 nitrogen and oxygen atoms in total. The van der Waals surface area contributed by atoms with Crippen LogP contribution < -0.4 is 5.73 Å². The number of sulfone groups is 1. The van der Waals surface area contributed by atoms with E-state index in [9.17, 15) is 17.6 Å². The summed E-state index contributed by atoms with van der Waals surface area (Å²) in [4.78, 5) is 10.2. The molecule has 1 aromatic rings. The van der Waals surface area contributed by atoms with E-state index < -0.39 is 34.1 Å². The Morgan fingerprint density at radius 3 is 2.50 bits per heavy atom. The molecule has 0 bridgehead atoms. The number of amides is 1. The standard InChI is InChI=1S/C11H12FNO4S/c12-9(6-7-17-11(13)14)8-18(15,16)10-4-2-1-3-5-10/h1-6H,7-8H2,(H2,13,14)/b9-6-. The second-order valence-electron chi connectivity index (χ2n) is 3.35. The fourth-order valence-corrected chi connectivity index (χ4v) is 2.39. The van der Waals surface area contributed by atoms with Gasteiger partial charge in [0.2, 0.25) is 0 Å². The van der Waals surface area contributed by atoms with E-state index in [0.717, 1.165) is 6.08 Å². The molecule has 0 aliphatic rings. The van der Waals surface area contributed by atoms with Gasteiger partial charge in [-0.05, 0) is 18.2 Å². The van der Waals surface area contributed by atoms with Crippen LogP contribution in [0.5, 0.6) is 0 Å². The molecule has 0 saturated heterocycles. The smallest absolute Gasteiger partial charge is 0.404 e. The molecule has 1 amide bonds. The van der Waals surface area contributed by atoms with Gasteiger partial charge in [0.25, 0.3) is 0 Å². The quantitative estimate of drug-likeness (QED) is 0.878. The van der Waals surface area contributed by atoms with Gasteiger partial charge in [0.15, 0.2) is 9.84 Å². The van der Waals surface area contributed by atoms with Crippen LogP contribution in [0, 0.1) is 0 Å². The molecule has 2 N–H and O–H groups in total. The Bertz CT molecular complexity index is 539. The highest BCUT2D eigenvalue weighted by atomic mass is 32.2. The summed E-state index contributed by atoms with van der Waals surface area (Å²) in [6, 6.07) is 7.51. The highest BCUT2D eigenvalue weighted by Crippen LogP contribution is 2.13. The zero-order chi connectivity index (χ0) is 13.6. The highest BCUT2D eigenvalue weighted by Gasteiger charge is 2.16. The molecule has 0 unspecified atom stereocenters. The third kappa shape index (κ3) is 4.54. The van der Waals surface area contributed by atoms with Gasteiger partial charge in [-0.25, -0.2) is 17.6 Å². The van der Waals surface area contributed by atoms with E-state index in [1.54, 1.807) is 18.2 Å². The Morgan fingerprint density at radius 1 is 1.33 bits per heavy atom. The van der Waals surface area contributed by atoms with Crippen molar-refractivity contribution in [3.8, 4) is 0 Å². The number of halogens is 1. The predicted octanol–water partition coefficient (Wildman–Crippen LogP) is 1.41. The van der Waals surface area contributed by atoms with Crippen molar-refractivity contribution in [1.29, 1.82) is 0 Å². The topological polar surface area (TPSA) is 86.5 Å². The lowest BCUT2D eigenvalue weighted by atomic mass is 10.4. The van der Waals surface area contributed by atoms with Gasteiger partial charge in [0.05, 0.1) is 4.90 Å². The van der Waals surface area contributed by atoms with E-state index in [-0.39, 0.29) is 4.90 Å². The minimum Gasteiger partial charge on any atom is -0.445 e. The van der Waals surface area contributed by atoms with Gasteiger partial charge in [-0.1, -0.05) is 18.2 Å². The fourth-order valence-electron chi connectivity index (χ4n) is 1.17. The number of rotatable bonds is 5. The zero-order valence-electron chi connectivity index (χ0n) is 9.37. The number of benzene rings is 1. The number of ether oxygens (including phenoxy) is 1. The zero-order valence-corrected chi connectivity index (χ0v) is 10.2. The SMILES string of the molecule is NC(=O)OC/C=C(\F)CS(=O)(=O)c1ccccc1. The number of carbonyl (C=O) groups is 1. The first-order valence-electron chi connectivity index (χ1n) is 4.96. The van der Waals surface area contributed by atoms with Crippen LogP contribution in [0.15, 0.2) is 47.1 Å². The molecule has 0 aliphatic heterocycles. The molecule has 0 radical (unpaired) electrons. The molecule has 0 aliphatic carbocycles. The van der Waals surface area contributed by atoms with Crippen molar-refractivity contribution in [2.45, 2.75) is 4.90 Å². The average molecular weight is 273 g/mol. The third-order valence-corrected chi connectivity index (χ3v) is 3.61. The lowest BCUT2D eigenvalue weighted by Gasteiger charge is -2.02. The average Bonchev–Trinajstić information content (AvgIpc) is 2.29. The lowest BCUT2D eigenvalue weighted by Crippen LogP contribution is -2.13. The second-order valence-corrected chi connectivity index (χ2v) is 5.34. The normalized spacial score (nSPS) is 12.2. The Morgan fingerprint density at radius 2 is 1.94 bits per heavy atom. The van der Waals surface area contributed by atoms with Crippen molar-refractivity contribution in [3.05, 3.63) is 42.2 Å². The molecule has 7 heteroatoms. The summed E-state index contributed by atoms with van der Waals surface area (Å²) >= 11 is 0. The fraction of sp³-hybridized carbons (Fsp3) is 0.182. The maximum atomic E-state index is 13.3. The minimum absolute atomic E-state index is 0.0318. The Balaban J connectivity index is 2.69. The first-order chi connectivity index (χ1) is 8.42. The number of nitrogens with two attached hydrogens (primary N) is 1. The Labute approximate surface area is 104 Å². The monoisotopic (exact) mass is 273 g/mol. The molecular weight excluding hydrogens is 261 g/mol. The van der Waals surface area contributed by atoms with Crippen LogP contribution in [0.2, 0.25) is 0 Å². The highest BCUT2D eigenvalue weighted by molar-refractivity contribution is 7.91. The van der Waals surface area contributed by atoms with Crippen molar-refractivity contribution >= 4 is 15.9 Å². The molecule has 0 spiro atoms. The minimum atomic E-state index is -3.73. The second kappa shape index (κ2) is 6.15. The molecule has 0 fully saturated rings. The summed E-state index contributed by atoms with van der Waals surface area (Å²) in [5, 5.41) is 0. The Kier molecular flexibility index (Phi) is 4.85. The van der Waals surface area contributed by atoms with Gasteiger partial charge in [-0.3, -0.25) is 0 Å². The van der Waals surface area contributed by atoms with Gasteiger partial charge in [0, 0.05) is 0 Å². The molecule has 1 rings (SSSR count). The van der Waals surface area contributed by atoms with Crippen LogP contribution in [0.4, 0.5) is 9.18 Å². The summed E-state index contributed by atoms with van der Waals surface area (Å²) in [5.41, 5.74) is 4.67. The number of carbonyl (C=O) groups excluding carboxylic acids is 1. The summed E-state index contributed by atoms with van der Waals surface area (Å²) in [6.45, 7) is -0.397. The number of hydrogen-bond donors (Lipinski definition) is 1. The van der Waals surface area contributed by atoms with Gasteiger partial charge in [-0.2, -0.15) is 0 Å². The van der Waals surface area contributed by atoms with Crippen LogP contribution in [0.25, 0.3) is 0 Å². The number of primary amides is 1. The number of hydrogen-bond acceptors (Lipinski definition) is 4. The van der Waals surface area contributed by atoms with E-state index in [1.807, 2.05) is 0 Å². The third-order valence-electron chi connectivity index (χ3n) is 1.96. The molecule has 0 heterocycles. The van der Waals surface area contributed by atoms with E-state index in [2.05, 4.69) is 10.5 Å². The van der Waals surface area contributed by atoms with E-state index in [1.165, 1.54) is 12.1 Å². The molecule has 98 valence electrons. The van der Waals surface area contributed by atoms with Crippen LogP contribution in [-0.4, -0.2) is 26.9 Å². The summed E-state index contributed by atoms with van der Waals surface area (Å²) in [7, 11) is -3.73. The Hall–Kier alpha value is -1.89. The van der Waals surface area contributed by atoms with E-state index >= 15 is 0 Å². The molecule has 0 saturated carbocycles. The first kappa shape index (κ1) is 14.2. The molecule has 18 heavy (non-hydrogen) atoms. The molecule has 0 aromatic heterocycles. The van der Waals surface area contributed by atoms with Gasteiger partial charge in [0.1, 0.15) is 18.2 Å². The van der Waals surface area contributed by atoms with Crippen molar-refractivity contribution in [3.63, 3.8) is 0 Å². The lowest BCUT2D eigenvalue weighted by molar-refractivity contribution is 0.169. The van der Waals surface area contributed by atoms with Crippen LogP contribution in [0.3, 0.4) is 0 Å². The van der Waals surface area contributed by atoms with E-state index in [4.69, 9.17) is 0 Å². The maximum absolute atomic E-state index is 13.3. The van der Waals surface area contributed by atoms with Gasteiger partial charge >= 0.3 is 6.09 Å². The van der Waals surface area contributed by atoms with Crippen molar-refractivity contribution in [1.82, 2.24) is 0 Å². The largest absolute Gasteiger partial charge is 0.445 e. The van der Waals surface area contributed by atoms with Crippen molar-refractivity contribution in [2.24, 2.45) is 5.73 Å². The van der Waals surface area contributed by atoms with Crippen molar-refractivity contribution < 1.29 is 22.3 Å². The van der Waals surface area contributed by atoms with Crippen LogP contribution >= 0.6 is 0 Å². The summed E-state index contributed by atoms with van der Waals surface area (Å²) < 4.78 is 41.0. The molecule has 1 aromatic carbocycles. The summed E-state index contributed by atoms with van der Waals surface area (Å²) in [5.74, 6) is -1.68. The van der Waals surface area contributed by atoms with Gasteiger partial charge < -0.3 is 10.5 Å². The molecule has 0 atom stereocenters.